The minimum atomic E-state index is -0.649. The fourth-order valence-electron chi connectivity index (χ4n) is 2.12. The number of carbonyl (C=O) groups is 3. The fraction of sp³-hybridized carbons (Fsp3) is 0.500. The van der Waals surface area contributed by atoms with Crippen LogP contribution in [0.2, 0.25) is 0 Å². The molecule has 1 heterocycles. The minimum absolute atomic E-state index is 0.172. The van der Waals surface area contributed by atoms with Crippen LogP contribution in [0.4, 0.5) is 5.00 Å². The molecule has 0 spiro atoms. The van der Waals surface area contributed by atoms with Gasteiger partial charge in [0.2, 0.25) is 5.91 Å². The number of hydrogen-bond acceptors (Lipinski definition) is 6. The van der Waals surface area contributed by atoms with Crippen molar-refractivity contribution in [2.24, 2.45) is 5.41 Å². The van der Waals surface area contributed by atoms with Crippen LogP contribution in [0.3, 0.4) is 0 Å². The zero-order chi connectivity index (χ0) is 17.6. The van der Waals surface area contributed by atoms with E-state index in [0.29, 0.717) is 12.0 Å². The quantitative estimate of drug-likeness (QED) is 0.540. The van der Waals surface area contributed by atoms with Crippen molar-refractivity contribution in [3.63, 3.8) is 0 Å². The van der Waals surface area contributed by atoms with Gasteiger partial charge in [-0.25, -0.2) is 9.59 Å². The molecule has 1 aliphatic rings. The lowest BCUT2D eigenvalue weighted by Gasteiger charge is -2.13. The second kappa shape index (κ2) is 6.18. The number of halogens is 2. The van der Waals surface area contributed by atoms with Gasteiger partial charge in [-0.3, -0.25) is 4.79 Å². The van der Waals surface area contributed by atoms with Crippen molar-refractivity contribution in [1.82, 2.24) is 0 Å². The summed E-state index contributed by atoms with van der Waals surface area (Å²) in [5.41, 5.74) is -0.0527. The molecule has 126 valence electrons. The average Bonchev–Trinajstić information content (AvgIpc) is 2.85. The summed E-state index contributed by atoms with van der Waals surface area (Å²) in [5, 5.41) is 3.02. The van der Waals surface area contributed by atoms with Crippen LogP contribution in [-0.2, 0) is 14.3 Å². The van der Waals surface area contributed by atoms with Crippen LogP contribution >= 0.6 is 43.2 Å². The smallest absolute Gasteiger partial charge is 0.348 e. The maximum absolute atomic E-state index is 12.5. The number of carbonyl (C=O) groups excluding carboxylic acids is 3. The van der Waals surface area contributed by atoms with Gasteiger partial charge in [0.1, 0.15) is 9.88 Å². The Hall–Kier alpha value is -0.930. The Kier molecular flexibility index (Phi) is 4.94. The molecule has 0 saturated heterocycles. The predicted octanol–water partition coefficient (Wildman–Crippen LogP) is 3.46. The Balaban J connectivity index is 2.40. The number of ether oxygens (including phenoxy) is 2. The van der Waals surface area contributed by atoms with Crippen LogP contribution in [0, 0.1) is 12.3 Å². The normalized spacial score (nSPS) is 21.5. The number of thiophene rings is 1. The molecule has 1 unspecified atom stereocenters. The first-order chi connectivity index (χ1) is 10.6. The number of hydrogen-bond donors (Lipinski definition) is 1. The molecular weight excluding hydrogens is 454 g/mol. The molecule has 1 saturated carbocycles. The van der Waals surface area contributed by atoms with E-state index in [0.717, 1.165) is 11.3 Å². The third-order valence-electron chi connectivity index (χ3n) is 3.89. The summed E-state index contributed by atoms with van der Waals surface area (Å²) in [4.78, 5) is 36.6. The molecule has 0 bridgehead atoms. The van der Waals surface area contributed by atoms with Crippen LogP contribution in [-0.4, -0.2) is 35.3 Å². The van der Waals surface area contributed by atoms with E-state index in [1.165, 1.54) is 14.2 Å². The molecule has 1 N–H and O–H groups in total. The first-order valence-corrected chi connectivity index (χ1v) is 8.98. The lowest BCUT2D eigenvalue weighted by atomic mass is 10.1. The lowest BCUT2D eigenvalue weighted by Crippen LogP contribution is -2.26. The van der Waals surface area contributed by atoms with Crippen LogP contribution in [0.5, 0.6) is 0 Å². The Labute approximate surface area is 154 Å². The maximum Gasteiger partial charge on any atom is 0.348 e. The topological polar surface area (TPSA) is 81.7 Å². The molecule has 1 aromatic rings. The van der Waals surface area contributed by atoms with Crippen molar-refractivity contribution < 1.29 is 23.9 Å². The van der Waals surface area contributed by atoms with Gasteiger partial charge in [-0.05, 0) is 25.8 Å². The molecule has 0 aliphatic heterocycles. The third kappa shape index (κ3) is 3.06. The molecule has 1 aromatic heterocycles. The van der Waals surface area contributed by atoms with E-state index in [1.54, 1.807) is 13.8 Å². The highest BCUT2D eigenvalue weighted by molar-refractivity contribution is 9.25. The maximum atomic E-state index is 12.5. The monoisotopic (exact) mass is 467 g/mol. The molecule has 9 heteroatoms. The van der Waals surface area contributed by atoms with Crippen molar-refractivity contribution in [2.75, 3.05) is 19.5 Å². The van der Waals surface area contributed by atoms with E-state index in [2.05, 4.69) is 37.2 Å². The molecule has 23 heavy (non-hydrogen) atoms. The Morgan fingerprint density at radius 2 is 1.70 bits per heavy atom. The van der Waals surface area contributed by atoms with Crippen molar-refractivity contribution in [3.8, 4) is 0 Å². The molecule has 1 atom stereocenters. The summed E-state index contributed by atoms with van der Waals surface area (Å²) in [7, 11) is 2.50. The van der Waals surface area contributed by atoms with Gasteiger partial charge in [-0.2, -0.15) is 0 Å². The molecule has 0 aromatic carbocycles. The number of nitrogens with one attached hydrogen (secondary N) is 1. The lowest BCUT2D eigenvalue weighted by molar-refractivity contribution is -0.120. The summed E-state index contributed by atoms with van der Waals surface area (Å²) in [6, 6.07) is 0. The largest absolute Gasteiger partial charge is 0.465 e. The van der Waals surface area contributed by atoms with Gasteiger partial charge in [0.15, 0.2) is 0 Å². The highest BCUT2D eigenvalue weighted by Crippen LogP contribution is 2.66. The van der Waals surface area contributed by atoms with E-state index in [-0.39, 0.29) is 21.3 Å². The molecule has 1 amide bonds. The highest BCUT2D eigenvalue weighted by atomic mass is 79.9. The fourth-order valence-corrected chi connectivity index (χ4v) is 4.71. The van der Waals surface area contributed by atoms with Gasteiger partial charge >= 0.3 is 11.9 Å². The number of rotatable bonds is 4. The van der Waals surface area contributed by atoms with Gasteiger partial charge < -0.3 is 14.8 Å². The van der Waals surface area contributed by atoms with Crippen molar-refractivity contribution in [1.29, 1.82) is 0 Å². The second-order valence-electron chi connectivity index (χ2n) is 5.41. The zero-order valence-electron chi connectivity index (χ0n) is 12.9. The number of amides is 1. The average molecular weight is 469 g/mol. The Morgan fingerprint density at radius 3 is 2.13 bits per heavy atom. The summed E-state index contributed by atoms with van der Waals surface area (Å²) < 4.78 is 9.00. The molecule has 1 fully saturated rings. The number of methoxy groups -OCH3 is 2. The van der Waals surface area contributed by atoms with Gasteiger partial charge in [0, 0.05) is 0 Å². The molecular formula is C14H15Br2NO5S. The van der Waals surface area contributed by atoms with E-state index in [1.807, 2.05) is 0 Å². The van der Waals surface area contributed by atoms with E-state index >= 15 is 0 Å². The van der Waals surface area contributed by atoms with Gasteiger partial charge in [-0.15, -0.1) is 11.3 Å². The van der Waals surface area contributed by atoms with Gasteiger partial charge in [-0.1, -0.05) is 31.9 Å². The van der Waals surface area contributed by atoms with E-state index in [4.69, 9.17) is 9.47 Å². The first kappa shape index (κ1) is 18.4. The van der Waals surface area contributed by atoms with Gasteiger partial charge in [0.25, 0.3) is 0 Å². The molecule has 1 aliphatic carbocycles. The minimum Gasteiger partial charge on any atom is -0.465 e. The number of anilines is 1. The standard InChI is InChI=1S/C14H15Br2NO5S/c1-6-7(10(18)21-3)9(23-8(6)11(19)22-4)17-12(20)13(2)5-14(13,15)16/h5H2,1-4H3,(H,17,20). The van der Waals surface area contributed by atoms with Crippen molar-refractivity contribution >= 4 is 66.0 Å². The Bertz CT molecular complexity index is 700. The van der Waals surface area contributed by atoms with E-state index < -0.39 is 20.6 Å². The first-order valence-electron chi connectivity index (χ1n) is 6.58. The highest BCUT2D eigenvalue weighted by Gasteiger charge is 2.66. The summed E-state index contributed by atoms with van der Waals surface area (Å²) in [6.07, 6.45) is 0.605. The van der Waals surface area contributed by atoms with Crippen molar-refractivity contribution in [2.45, 2.75) is 23.5 Å². The predicted molar refractivity (Wildman–Crippen MR) is 93.7 cm³/mol. The van der Waals surface area contributed by atoms with Gasteiger partial charge in [0.05, 0.1) is 28.4 Å². The number of alkyl halides is 2. The third-order valence-corrected chi connectivity index (χ3v) is 7.39. The van der Waals surface area contributed by atoms with E-state index in [9.17, 15) is 14.4 Å². The Morgan fingerprint density at radius 1 is 1.17 bits per heavy atom. The molecule has 0 radical (unpaired) electrons. The summed E-state index contributed by atoms with van der Waals surface area (Å²) in [6.45, 7) is 3.41. The zero-order valence-corrected chi connectivity index (χ0v) is 16.9. The van der Waals surface area contributed by atoms with Crippen LogP contribution in [0.15, 0.2) is 0 Å². The SMILES string of the molecule is COC(=O)c1sc(NC(=O)C2(C)CC2(Br)Br)c(C(=O)OC)c1C. The van der Waals surface area contributed by atoms with Crippen LogP contribution in [0.1, 0.15) is 38.9 Å². The summed E-state index contributed by atoms with van der Waals surface area (Å²) in [5.74, 6) is -1.44. The molecule has 6 nitrogen and oxygen atoms in total. The molecule has 2 rings (SSSR count). The second-order valence-corrected chi connectivity index (χ2v) is 10.2. The number of esters is 2. The van der Waals surface area contributed by atoms with Crippen LogP contribution < -0.4 is 5.32 Å². The van der Waals surface area contributed by atoms with Crippen molar-refractivity contribution in [3.05, 3.63) is 16.0 Å². The van der Waals surface area contributed by atoms with Crippen LogP contribution in [0.25, 0.3) is 0 Å². The summed E-state index contributed by atoms with van der Waals surface area (Å²) >= 11 is 7.86.